The van der Waals surface area contributed by atoms with Crippen molar-refractivity contribution in [2.45, 2.75) is 23.9 Å². The molecule has 7 N–H and O–H groups in total. The van der Waals surface area contributed by atoms with Crippen LogP contribution in [-0.2, 0) is 4.79 Å². The highest BCUT2D eigenvalue weighted by molar-refractivity contribution is 5.87. The quantitative estimate of drug-likeness (QED) is 0.259. The highest BCUT2D eigenvalue weighted by atomic mass is 16.4. The van der Waals surface area contributed by atoms with E-state index in [-0.39, 0.29) is 0 Å². The van der Waals surface area contributed by atoms with E-state index in [9.17, 15) is 20.1 Å². The van der Waals surface area contributed by atoms with Gasteiger partial charge in [0.25, 0.3) is 5.91 Å². The smallest absolute Gasteiger partial charge is 0.265 e. The molecular weight excluding hydrogens is 206 g/mol. The molecule has 0 aromatic heterocycles. The van der Waals surface area contributed by atoms with E-state index < -0.39 is 36.4 Å². The Morgan fingerprint density at radius 2 is 1.93 bits per heavy atom. The van der Waals surface area contributed by atoms with Gasteiger partial charge in [0.15, 0.2) is 0 Å². The number of nitrogens with two attached hydrogens (primary N) is 1. The van der Waals surface area contributed by atoms with Crippen molar-refractivity contribution in [2.75, 3.05) is 6.61 Å². The van der Waals surface area contributed by atoms with Crippen LogP contribution in [0.1, 0.15) is 0 Å². The lowest BCUT2D eigenvalue weighted by molar-refractivity contribution is -0.160. The highest BCUT2D eigenvalue weighted by Crippen LogP contribution is 2.15. The lowest BCUT2D eigenvalue weighted by atomic mass is 9.90. The molecule has 4 atom stereocenters. The number of aliphatic hydroxyl groups excluding tert-OH is 4. The summed E-state index contributed by atoms with van der Waals surface area (Å²) in [5.74, 6) is 0.0729. The number of primary amides is 1. The summed E-state index contributed by atoms with van der Waals surface area (Å²) in [5, 5.41) is 45.2. The van der Waals surface area contributed by atoms with E-state index in [0.29, 0.717) is 0 Å². The van der Waals surface area contributed by atoms with Gasteiger partial charge in [0.1, 0.15) is 18.3 Å². The standard InChI is InChI=1S/C8H13NO6/c1-2-8(15,7(9)14)6(13)5(12)4(11)3-10/h1,4-6,10-13,15H,3H2,(H2,9,14)/t4-,5-,6+,8-/m1/s1. The molecule has 0 saturated carbocycles. The van der Waals surface area contributed by atoms with E-state index in [2.05, 4.69) is 0 Å². The van der Waals surface area contributed by atoms with Crippen molar-refractivity contribution in [3.63, 3.8) is 0 Å². The van der Waals surface area contributed by atoms with E-state index in [0.717, 1.165) is 0 Å². The Bertz CT molecular complexity index is 275. The monoisotopic (exact) mass is 219 g/mol. The van der Waals surface area contributed by atoms with Crippen LogP contribution < -0.4 is 5.73 Å². The summed E-state index contributed by atoms with van der Waals surface area (Å²) in [6.07, 6.45) is -1.17. The molecule has 0 spiro atoms. The van der Waals surface area contributed by atoms with Crippen molar-refractivity contribution in [1.82, 2.24) is 0 Å². The number of carbonyl (C=O) groups excluding carboxylic acids is 1. The van der Waals surface area contributed by atoms with Gasteiger partial charge in [0.2, 0.25) is 5.60 Å². The maximum Gasteiger partial charge on any atom is 0.265 e. The summed E-state index contributed by atoms with van der Waals surface area (Å²) in [6.45, 7) is -0.877. The number of amides is 1. The predicted octanol–water partition coefficient (Wildman–Crippen LogP) is -4.09. The molecule has 1 amide bonds. The highest BCUT2D eigenvalue weighted by Gasteiger charge is 2.45. The van der Waals surface area contributed by atoms with E-state index in [1.807, 2.05) is 0 Å². The van der Waals surface area contributed by atoms with Crippen molar-refractivity contribution in [3.05, 3.63) is 0 Å². The third-order valence-corrected chi connectivity index (χ3v) is 1.93. The second-order valence-corrected chi connectivity index (χ2v) is 2.96. The maximum atomic E-state index is 10.7. The van der Waals surface area contributed by atoms with Gasteiger partial charge in [-0.2, -0.15) is 0 Å². The normalized spacial score (nSPS) is 20.8. The molecule has 7 nitrogen and oxygen atoms in total. The van der Waals surface area contributed by atoms with Crippen LogP contribution in [0.15, 0.2) is 0 Å². The fourth-order valence-electron chi connectivity index (χ4n) is 0.868. The Kier molecular flexibility index (Phi) is 4.67. The Morgan fingerprint density at radius 3 is 2.20 bits per heavy atom. The van der Waals surface area contributed by atoms with Crippen LogP contribution in [-0.4, -0.2) is 62.0 Å². The molecular formula is C8H13NO6. The van der Waals surface area contributed by atoms with E-state index in [4.69, 9.17) is 22.4 Å². The average molecular weight is 219 g/mol. The molecule has 0 saturated heterocycles. The first kappa shape index (κ1) is 13.8. The van der Waals surface area contributed by atoms with Gasteiger partial charge in [-0.05, 0) is 0 Å². The molecule has 0 fully saturated rings. The van der Waals surface area contributed by atoms with Crippen molar-refractivity contribution in [2.24, 2.45) is 5.73 Å². The number of rotatable bonds is 5. The second-order valence-electron chi connectivity index (χ2n) is 2.96. The third kappa shape index (κ3) is 2.65. The summed E-state index contributed by atoms with van der Waals surface area (Å²) in [4.78, 5) is 10.7. The zero-order valence-corrected chi connectivity index (χ0v) is 7.74. The van der Waals surface area contributed by atoms with Crippen LogP contribution in [0.25, 0.3) is 0 Å². The van der Waals surface area contributed by atoms with Crippen molar-refractivity contribution >= 4 is 5.91 Å². The van der Waals surface area contributed by atoms with E-state index in [1.54, 1.807) is 0 Å². The van der Waals surface area contributed by atoms with Crippen molar-refractivity contribution in [1.29, 1.82) is 0 Å². The van der Waals surface area contributed by atoms with Gasteiger partial charge in [0.05, 0.1) is 6.61 Å². The summed E-state index contributed by atoms with van der Waals surface area (Å²) in [5.41, 5.74) is 1.92. The zero-order valence-electron chi connectivity index (χ0n) is 7.74. The summed E-state index contributed by atoms with van der Waals surface area (Å²) in [6, 6.07) is 0. The molecule has 86 valence electrons. The molecule has 15 heavy (non-hydrogen) atoms. The van der Waals surface area contributed by atoms with Crippen LogP contribution in [0.2, 0.25) is 0 Å². The lowest BCUT2D eigenvalue weighted by Crippen LogP contribution is -2.59. The number of carbonyl (C=O) groups is 1. The minimum atomic E-state index is -2.80. The van der Waals surface area contributed by atoms with E-state index in [1.165, 1.54) is 5.92 Å². The molecule has 0 aromatic rings. The molecule has 0 aliphatic rings. The molecule has 0 aromatic carbocycles. The molecule has 0 aliphatic heterocycles. The van der Waals surface area contributed by atoms with Gasteiger partial charge in [-0.3, -0.25) is 4.79 Å². The van der Waals surface area contributed by atoms with Crippen LogP contribution in [0.4, 0.5) is 0 Å². The molecule has 7 heteroatoms. The van der Waals surface area contributed by atoms with Crippen LogP contribution in [0.3, 0.4) is 0 Å². The SMILES string of the molecule is C#C[C@](O)(C(N)=O)[C@@H](O)[C@H](O)[C@H](O)CO. The fraction of sp³-hybridized carbons (Fsp3) is 0.625. The molecule has 0 rings (SSSR count). The molecule has 0 unspecified atom stereocenters. The predicted molar refractivity (Wildman–Crippen MR) is 48.1 cm³/mol. The Labute approximate surface area is 85.8 Å². The topological polar surface area (TPSA) is 144 Å². The van der Waals surface area contributed by atoms with Gasteiger partial charge in [0, 0.05) is 0 Å². The number of hydrogen-bond donors (Lipinski definition) is 6. The van der Waals surface area contributed by atoms with Crippen molar-refractivity contribution < 1.29 is 30.3 Å². The third-order valence-electron chi connectivity index (χ3n) is 1.93. The Balaban J connectivity index is 4.90. The molecule has 0 aliphatic carbocycles. The largest absolute Gasteiger partial charge is 0.394 e. The van der Waals surface area contributed by atoms with Gasteiger partial charge < -0.3 is 31.3 Å². The average Bonchev–Trinajstić information content (AvgIpc) is 2.24. The summed E-state index contributed by atoms with van der Waals surface area (Å²) in [7, 11) is 0. The Morgan fingerprint density at radius 1 is 1.47 bits per heavy atom. The van der Waals surface area contributed by atoms with Gasteiger partial charge in [-0.1, -0.05) is 5.92 Å². The number of hydrogen-bond acceptors (Lipinski definition) is 6. The molecule has 0 bridgehead atoms. The Hall–Kier alpha value is -1.17. The lowest BCUT2D eigenvalue weighted by Gasteiger charge is -2.30. The van der Waals surface area contributed by atoms with Gasteiger partial charge in [-0.25, -0.2) is 0 Å². The first-order valence-electron chi connectivity index (χ1n) is 3.96. The first-order valence-corrected chi connectivity index (χ1v) is 3.96. The summed E-state index contributed by atoms with van der Waals surface area (Å²) >= 11 is 0. The first-order chi connectivity index (χ1) is 6.81. The van der Waals surface area contributed by atoms with Gasteiger partial charge in [-0.15, -0.1) is 6.42 Å². The van der Waals surface area contributed by atoms with Crippen molar-refractivity contribution in [3.8, 4) is 12.3 Å². The van der Waals surface area contributed by atoms with E-state index >= 15 is 0 Å². The molecule has 0 radical (unpaired) electrons. The zero-order chi connectivity index (χ0) is 12.2. The maximum absolute atomic E-state index is 10.7. The fourth-order valence-corrected chi connectivity index (χ4v) is 0.868. The van der Waals surface area contributed by atoms with Crippen LogP contribution in [0.5, 0.6) is 0 Å². The molecule has 0 heterocycles. The number of terminal acetylenes is 1. The second kappa shape index (κ2) is 5.06. The van der Waals surface area contributed by atoms with Crippen LogP contribution >= 0.6 is 0 Å². The summed E-state index contributed by atoms with van der Waals surface area (Å²) < 4.78 is 0. The van der Waals surface area contributed by atoms with Crippen LogP contribution in [0, 0.1) is 12.3 Å². The van der Waals surface area contributed by atoms with Gasteiger partial charge >= 0.3 is 0 Å². The number of aliphatic hydroxyl groups is 5. The minimum absolute atomic E-state index is 0.877. The minimum Gasteiger partial charge on any atom is -0.394 e.